The van der Waals surface area contributed by atoms with Gasteiger partial charge < -0.3 is 5.11 Å². The molecule has 0 bridgehead atoms. The minimum absolute atomic E-state index is 0.186. The summed E-state index contributed by atoms with van der Waals surface area (Å²) in [5.41, 5.74) is 5.93. The van der Waals surface area contributed by atoms with Gasteiger partial charge in [0, 0.05) is 22.6 Å². The fraction of sp³-hybridized carbons (Fsp3) is 0.758. The van der Waals surface area contributed by atoms with E-state index < -0.39 is 0 Å². The predicted molar refractivity (Wildman–Crippen MR) is 182 cm³/mol. The number of hydrazine groups is 1. The van der Waals surface area contributed by atoms with Gasteiger partial charge >= 0.3 is 0 Å². The number of hydrogen-bond acceptors (Lipinski definition) is 6. The predicted octanol–water partition coefficient (Wildman–Crippen LogP) is 10.3. The molecule has 0 aliphatic carbocycles. The largest absolute Gasteiger partial charge is 0.507 e. The molecule has 1 aromatic rings. The Morgan fingerprint density at radius 3 is 1.82 bits per heavy atom. The van der Waals surface area contributed by atoms with Crippen molar-refractivity contribution >= 4 is 40.4 Å². The molecule has 5 nitrogen and oxygen atoms in total. The number of rotatable bonds is 16. The fourth-order valence-electron chi connectivity index (χ4n) is 4.74. The lowest BCUT2D eigenvalue weighted by Gasteiger charge is -2.29. The van der Waals surface area contributed by atoms with Crippen LogP contribution in [0.2, 0.25) is 0 Å². The lowest BCUT2D eigenvalue weighted by atomic mass is 9.79. The van der Waals surface area contributed by atoms with Crippen LogP contribution < -0.4 is 5.43 Å². The van der Waals surface area contributed by atoms with E-state index in [4.69, 9.17) is 9.98 Å². The molecule has 7 heteroatoms. The molecule has 0 saturated carbocycles. The first-order chi connectivity index (χ1) is 19.0. The number of aromatic hydroxyl groups is 1. The van der Waals surface area contributed by atoms with Gasteiger partial charge in [0.2, 0.25) is 0 Å². The van der Waals surface area contributed by atoms with E-state index in [0.29, 0.717) is 12.3 Å². The molecule has 2 rings (SSSR count). The highest BCUT2D eigenvalue weighted by Crippen LogP contribution is 2.41. The molecule has 1 heterocycles. The lowest BCUT2D eigenvalue weighted by molar-refractivity contribution is 0.423. The maximum Gasteiger partial charge on any atom is 0.178 e. The number of unbranched alkanes of at least 4 members (excludes halogenated alkanes) is 10. The van der Waals surface area contributed by atoms with Crippen LogP contribution in [-0.4, -0.2) is 38.6 Å². The number of aliphatic imine (C=N–C) groups is 2. The first-order valence-corrected chi connectivity index (χ1v) is 17.7. The molecule has 0 radical (unpaired) electrons. The zero-order chi connectivity index (χ0) is 29.6. The zero-order valence-electron chi connectivity index (χ0n) is 26.9. The van der Waals surface area contributed by atoms with Crippen molar-refractivity contribution in [2.45, 2.75) is 143 Å². The van der Waals surface area contributed by atoms with Crippen molar-refractivity contribution in [3.63, 3.8) is 0 Å². The molecule has 2 N–H and O–H groups in total. The Balaban J connectivity index is 2.20. The highest BCUT2D eigenvalue weighted by Gasteiger charge is 2.27. The molecule has 0 saturated heterocycles. The van der Waals surface area contributed by atoms with Gasteiger partial charge in [-0.15, -0.1) is 0 Å². The molecule has 228 valence electrons. The summed E-state index contributed by atoms with van der Waals surface area (Å²) in [4.78, 5) is 10.0. The molecule has 0 spiro atoms. The van der Waals surface area contributed by atoms with E-state index in [2.05, 4.69) is 65.2 Å². The van der Waals surface area contributed by atoms with E-state index in [1.54, 1.807) is 0 Å². The Kier molecular flexibility index (Phi) is 15.5. The zero-order valence-corrected chi connectivity index (χ0v) is 28.5. The van der Waals surface area contributed by atoms with Gasteiger partial charge in [-0.05, 0) is 35.8 Å². The third-order valence-electron chi connectivity index (χ3n) is 7.19. The molecular weight excluding hydrogens is 533 g/mol. The molecule has 1 aliphatic rings. The van der Waals surface area contributed by atoms with Crippen LogP contribution >= 0.6 is 23.7 Å². The van der Waals surface area contributed by atoms with Gasteiger partial charge in [-0.2, -0.15) is 4.41 Å². The molecule has 0 aromatic heterocycles. The number of thioether (sulfide) groups is 1. The van der Waals surface area contributed by atoms with Crippen LogP contribution in [0.5, 0.6) is 5.75 Å². The summed E-state index contributed by atoms with van der Waals surface area (Å²) >= 11 is 3.67. The Bertz CT molecular complexity index is 912. The van der Waals surface area contributed by atoms with E-state index in [1.807, 2.05) is 35.8 Å². The van der Waals surface area contributed by atoms with Crippen molar-refractivity contribution in [2.75, 3.05) is 18.1 Å². The summed E-state index contributed by atoms with van der Waals surface area (Å²) in [5.74, 6) is 3.39. The number of nitrogens with zero attached hydrogens (tertiary/aromatic N) is 3. The Morgan fingerprint density at radius 1 is 0.800 bits per heavy atom. The highest BCUT2D eigenvalue weighted by atomic mass is 32.2. The van der Waals surface area contributed by atoms with Crippen molar-refractivity contribution < 1.29 is 5.11 Å². The highest BCUT2D eigenvalue weighted by molar-refractivity contribution is 8.13. The van der Waals surface area contributed by atoms with Crippen molar-refractivity contribution in [1.29, 1.82) is 0 Å². The van der Waals surface area contributed by atoms with E-state index in [0.717, 1.165) is 39.3 Å². The van der Waals surface area contributed by atoms with Gasteiger partial charge in [-0.1, -0.05) is 143 Å². The van der Waals surface area contributed by atoms with Gasteiger partial charge in [0.05, 0.1) is 12.2 Å². The summed E-state index contributed by atoms with van der Waals surface area (Å²) in [7, 11) is 0. The van der Waals surface area contributed by atoms with Crippen molar-refractivity contribution in [1.82, 2.24) is 9.84 Å². The fourth-order valence-corrected chi connectivity index (χ4v) is 6.60. The van der Waals surface area contributed by atoms with Crippen LogP contribution in [0.4, 0.5) is 5.69 Å². The number of nitrogens with one attached hydrogen (secondary N) is 1. The van der Waals surface area contributed by atoms with Gasteiger partial charge in [0.25, 0.3) is 0 Å². The van der Waals surface area contributed by atoms with Crippen LogP contribution in [-0.2, 0) is 10.8 Å². The van der Waals surface area contributed by atoms with Crippen LogP contribution in [0.3, 0.4) is 0 Å². The standard InChI is InChI=1S/C33H58N4OS2/c1-9-11-13-15-17-19-21-39-31-35-29(25-37(36-31)40-22-20-18-16-14-12-10-2)34-26-23-27(32(3,4)5)30(38)28(24-26)33(6,7)8/h23-24,38H,9-22,25H2,1-8H3,(H,34,35,36). The summed E-state index contributed by atoms with van der Waals surface area (Å²) in [5, 5.41) is 12.1. The first kappa shape index (κ1) is 35.0. The maximum absolute atomic E-state index is 11.2. The van der Waals surface area contributed by atoms with E-state index in [-0.39, 0.29) is 10.8 Å². The molecule has 0 atom stereocenters. The SMILES string of the molecule is CCCCCCCCSC1=NC(=Nc2cc(C(C)(C)C)c(O)c(C(C)(C)C)c2)CN(SCCCCCCCC)N1. The summed E-state index contributed by atoms with van der Waals surface area (Å²) < 4.78 is 2.22. The summed E-state index contributed by atoms with van der Waals surface area (Å²) in [6.45, 7) is 18.1. The number of benzene rings is 1. The topological polar surface area (TPSA) is 60.2 Å². The molecule has 0 unspecified atom stereocenters. The molecule has 1 aliphatic heterocycles. The van der Waals surface area contributed by atoms with Gasteiger partial charge in [0.15, 0.2) is 5.17 Å². The number of hydrogen-bond donors (Lipinski definition) is 2. The third-order valence-corrected chi connectivity index (χ3v) is 9.14. The monoisotopic (exact) mass is 590 g/mol. The van der Waals surface area contributed by atoms with Crippen molar-refractivity contribution in [2.24, 2.45) is 9.98 Å². The smallest absolute Gasteiger partial charge is 0.178 e. The summed E-state index contributed by atoms with van der Waals surface area (Å²) in [6.07, 6.45) is 15.7. The average molecular weight is 591 g/mol. The molecule has 1 aromatic carbocycles. The Labute approximate surface area is 255 Å². The van der Waals surface area contributed by atoms with E-state index in [9.17, 15) is 5.11 Å². The Morgan fingerprint density at radius 2 is 1.30 bits per heavy atom. The second kappa shape index (κ2) is 17.7. The van der Waals surface area contributed by atoms with Crippen molar-refractivity contribution in [3.8, 4) is 5.75 Å². The minimum Gasteiger partial charge on any atom is -0.507 e. The second-order valence-electron chi connectivity index (χ2n) is 13.2. The summed E-state index contributed by atoms with van der Waals surface area (Å²) in [6, 6.07) is 4.10. The normalized spacial score (nSPS) is 15.9. The van der Waals surface area contributed by atoms with Crippen molar-refractivity contribution in [3.05, 3.63) is 23.3 Å². The number of phenolic OH excluding ortho intramolecular Hbond substituents is 1. The van der Waals surface area contributed by atoms with Crippen LogP contribution in [0.1, 0.15) is 144 Å². The molecule has 0 fully saturated rings. The molecule has 0 amide bonds. The second-order valence-corrected chi connectivity index (χ2v) is 15.4. The van der Waals surface area contributed by atoms with E-state index >= 15 is 0 Å². The quantitative estimate of drug-likeness (QED) is 0.148. The third kappa shape index (κ3) is 12.8. The number of phenols is 1. The van der Waals surface area contributed by atoms with E-state index in [1.165, 1.54) is 77.0 Å². The Hall–Kier alpha value is -1.18. The molecular formula is C33H58N4OS2. The maximum atomic E-state index is 11.2. The van der Waals surface area contributed by atoms with Crippen LogP contribution in [0.15, 0.2) is 22.1 Å². The van der Waals surface area contributed by atoms with Gasteiger partial charge in [0.1, 0.15) is 11.6 Å². The van der Waals surface area contributed by atoms with Gasteiger partial charge in [-0.3, -0.25) is 5.43 Å². The first-order valence-electron chi connectivity index (χ1n) is 15.8. The number of amidine groups is 2. The van der Waals surface area contributed by atoms with Crippen LogP contribution in [0.25, 0.3) is 0 Å². The average Bonchev–Trinajstić information content (AvgIpc) is 2.87. The molecule has 40 heavy (non-hydrogen) atoms. The van der Waals surface area contributed by atoms with Crippen LogP contribution in [0, 0.1) is 0 Å². The van der Waals surface area contributed by atoms with Gasteiger partial charge in [-0.25, -0.2) is 9.98 Å². The minimum atomic E-state index is -0.186. The lowest BCUT2D eigenvalue weighted by Crippen LogP contribution is -2.44.